The molecule has 59 heavy (non-hydrogen) atoms. The van der Waals surface area contributed by atoms with Gasteiger partial charge in [0.25, 0.3) is 0 Å². The molecule has 1 aliphatic heterocycles. The van der Waals surface area contributed by atoms with Crippen molar-refractivity contribution in [3.05, 3.63) is 85.1 Å². The Bertz CT molecular complexity index is 1190. The van der Waals surface area contributed by atoms with Crippen molar-refractivity contribution in [1.82, 2.24) is 5.32 Å². The van der Waals surface area contributed by atoms with E-state index in [9.17, 15) is 30.3 Å². The molecule has 0 bridgehead atoms. The Hall–Kier alpha value is -2.63. The van der Waals surface area contributed by atoms with Crippen LogP contribution in [0.1, 0.15) is 168 Å². The molecule has 6 N–H and O–H groups in total. The van der Waals surface area contributed by atoms with Gasteiger partial charge in [0.1, 0.15) is 24.4 Å². The molecule has 1 rings (SSSR count). The Kier molecular flexibility index (Phi) is 36.4. The maximum Gasteiger partial charge on any atom is 0.220 e. The van der Waals surface area contributed by atoms with Crippen LogP contribution in [0, 0.1) is 0 Å². The average Bonchev–Trinajstić information content (AvgIpc) is 3.23. The lowest BCUT2D eigenvalue weighted by molar-refractivity contribution is -0.302. The molecule has 0 aromatic rings. The summed E-state index contributed by atoms with van der Waals surface area (Å²) in [6, 6.07) is -0.720. The highest BCUT2D eigenvalue weighted by molar-refractivity contribution is 5.76. The fourth-order valence-corrected chi connectivity index (χ4v) is 6.79. The predicted octanol–water partition coefficient (Wildman–Crippen LogP) is 9.94. The van der Waals surface area contributed by atoms with Crippen molar-refractivity contribution in [3.63, 3.8) is 0 Å². The van der Waals surface area contributed by atoms with Crippen LogP contribution in [0.15, 0.2) is 85.1 Å². The first-order chi connectivity index (χ1) is 28.8. The minimum Gasteiger partial charge on any atom is -0.394 e. The summed E-state index contributed by atoms with van der Waals surface area (Å²) in [6.45, 7) is 3.53. The molecule has 1 saturated heterocycles. The molecule has 1 aliphatic rings. The van der Waals surface area contributed by atoms with E-state index in [0.717, 1.165) is 89.9 Å². The number of unbranched alkanes of at least 4 members (excludes halogenated alkanes) is 13. The van der Waals surface area contributed by atoms with Crippen molar-refractivity contribution >= 4 is 5.91 Å². The van der Waals surface area contributed by atoms with Gasteiger partial charge in [0.05, 0.1) is 25.4 Å². The van der Waals surface area contributed by atoms with Gasteiger partial charge in [-0.3, -0.25) is 4.79 Å². The Labute approximate surface area is 359 Å². The minimum absolute atomic E-state index is 0.148. The third-order valence-electron chi connectivity index (χ3n) is 10.5. The van der Waals surface area contributed by atoms with Crippen molar-refractivity contribution in [3.8, 4) is 0 Å². The maximum absolute atomic E-state index is 12.8. The molecule has 0 saturated carbocycles. The monoisotopic (exact) mass is 828 g/mol. The van der Waals surface area contributed by atoms with Gasteiger partial charge in [0.15, 0.2) is 6.29 Å². The van der Waals surface area contributed by atoms with Crippen molar-refractivity contribution in [2.24, 2.45) is 0 Å². The SMILES string of the molecule is CC/C=C\C/C=C\C/C=C\C/C=C\C/C=C\C/C=C\C/C=C\CCCCCCCCCCCCCC(=O)NC(COC1OC(CO)C(O)C(O)C1O)C(O)CCCCC. The quantitative estimate of drug-likeness (QED) is 0.0268. The largest absolute Gasteiger partial charge is 0.394 e. The zero-order valence-electron chi connectivity index (χ0n) is 37.0. The summed E-state index contributed by atoms with van der Waals surface area (Å²) in [6.07, 6.45) is 48.4. The molecule has 0 spiro atoms. The normalized spacial score (nSPS) is 21.5. The first kappa shape index (κ1) is 54.4. The number of carbonyl (C=O) groups excluding carboxylic acids is 1. The minimum atomic E-state index is -1.55. The average molecular weight is 828 g/mol. The number of aliphatic hydroxyl groups is 5. The molecule has 0 aromatic carbocycles. The van der Waals surface area contributed by atoms with Crippen LogP contribution < -0.4 is 5.32 Å². The van der Waals surface area contributed by atoms with Crippen molar-refractivity contribution in [1.29, 1.82) is 0 Å². The predicted molar refractivity (Wildman–Crippen MR) is 244 cm³/mol. The lowest BCUT2D eigenvalue weighted by Gasteiger charge is -2.40. The highest BCUT2D eigenvalue weighted by Gasteiger charge is 2.44. The molecule has 1 fully saturated rings. The molecule has 0 aromatic heterocycles. The fraction of sp³-hybridized carbons (Fsp3) is 0.700. The topological polar surface area (TPSA) is 149 Å². The lowest BCUT2D eigenvalue weighted by Crippen LogP contribution is -2.60. The Morgan fingerprint density at radius 1 is 0.593 bits per heavy atom. The van der Waals surface area contributed by atoms with E-state index in [-0.39, 0.29) is 12.5 Å². The Morgan fingerprint density at radius 2 is 1.05 bits per heavy atom. The molecule has 7 unspecified atom stereocenters. The number of rotatable bonds is 37. The number of nitrogens with one attached hydrogen (secondary N) is 1. The number of hydrogen-bond donors (Lipinski definition) is 6. The van der Waals surface area contributed by atoms with E-state index in [4.69, 9.17) is 9.47 Å². The zero-order chi connectivity index (χ0) is 43.0. The van der Waals surface area contributed by atoms with Crippen LogP contribution in [-0.4, -0.2) is 87.5 Å². The highest BCUT2D eigenvalue weighted by Crippen LogP contribution is 2.23. The summed E-state index contributed by atoms with van der Waals surface area (Å²) in [5.74, 6) is -0.165. The Balaban J connectivity index is 2.04. The van der Waals surface area contributed by atoms with Gasteiger partial charge in [-0.25, -0.2) is 0 Å². The van der Waals surface area contributed by atoms with Gasteiger partial charge in [0, 0.05) is 6.42 Å². The molecule has 9 heteroatoms. The van der Waals surface area contributed by atoms with Crippen LogP contribution in [0.3, 0.4) is 0 Å². The number of aliphatic hydroxyl groups excluding tert-OH is 5. The van der Waals surface area contributed by atoms with Gasteiger partial charge in [0.2, 0.25) is 5.91 Å². The standard InChI is InChI=1S/C50H85NO8/c1-3-5-7-8-9-10-11-12-13-14-15-16-17-18-19-20-21-22-23-24-25-26-27-28-29-30-31-32-33-34-35-36-38-40-46(54)51-43(44(53)39-37-6-4-2)42-58-50-49(57)48(56)47(55)45(41-52)59-50/h5,7,9-10,12-13,15-16,18-19,21-22,24-25,43-45,47-50,52-53,55-57H,3-4,6,8,11,14,17,20,23,26-42H2,1-2H3,(H,51,54)/b7-5-,10-9-,13-12-,16-15-,19-18-,22-21-,25-24-. The Morgan fingerprint density at radius 3 is 1.53 bits per heavy atom. The van der Waals surface area contributed by atoms with Gasteiger partial charge in [-0.1, -0.05) is 176 Å². The highest BCUT2D eigenvalue weighted by atomic mass is 16.7. The maximum atomic E-state index is 12.8. The molecular weight excluding hydrogens is 743 g/mol. The van der Waals surface area contributed by atoms with E-state index < -0.39 is 49.5 Å². The lowest BCUT2D eigenvalue weighted by atomic mass is 9.99. The first-order valence-corrected chi connectivity index (χ1v) is 23.3. The smallest absolute Gasteiger partial charge is 0.220 e. The first-order valence-electron chi connectivity index (χ1n) is 23.3. The van der Waals surface area contributed by atoms with E-state index in [1.807, 2.05) is 0 Å². The second-order valence-corrected chi connectivity index (χ2v) is 15.8. The number of ether oxygens (including phenoxy) is 2. The van der Waals surface area contributed by atoms with Crippen LogP contribution in [-0.2, 0) is 14.3 Å². The van der Waals surface area contributed by atoms with Crippen molar-refractivity contribution in [2.75, 3.05) is 13.2 Å². The number of hydrogen-bond acceptors (Lipinski definition) is 8. The number of carbonyl (C=O) groups is 1. The molecule has 1 amide bonds. The fourth-order valence-electron chi connectivity index (χ4n) is 6.79. The molecule has 338 valence electrons. The molecule has 7 atom stereocenters. The van der Waals surface area contributed by atoms with Crippen LogP contribution in [0.5, 0.6) is 0 Å². The van der Waals surface area contributed by atoms with Gasteiger partial charge >= 0.3 is 0 Å². The van der Waals surface area contributed by atoms with Gasteiger partial charge in [-0.2, -0.15) is 0 Å². The zero-order valence-corrected chi connectivity index (χ0v) is 37.0. The van der Waals surface area contributed by atoms with E-state index in [1.54, 1.807) is 0 Å². The second kappa shape index (κ2) is 39.5. The van der Waals surface area contributed by atoms with E-state index >= 15 is 0 Å². The van der Waals surface area contributed by atoms with Crippen molar-refractivity contribution < 1.29 is 39.8 Å². The van der Waals surface area contributed by atoms with Gasteiger partial charge < -0.3 is 40.3 Å². The summed E-state index contributed by atoms with van der Waals surface area (Å²) in [7, 11) is 0. The van der Waals surface area contributed by atoms with Crippen LogP contribution in [0.2, 0.25) is 0 Å². The summed E-state index contributed by atoms with van der Waals surface area (Å²) in [4.78, 5) is 12.8. The van der Waals surface area contributed by atoms with E-state index in [1.165, 1.54) is 51.4 Å². The van der Waals surface area contributed by atoms with Crippen LogP contribution in [0.25, 0.3) is 0 Å². The molecular formula is C50H85NO8. The third-order valence-corrected chi connectivity index (χ3v) is 10.5. The summed E-state index contributed by atoms with van der Waals surface area (Å²) in [5.41, 5.74) is 0. The summed E-state index contributed by atoms with van der Waals surface area (Å²) >= 11 is 0. The second-order valence-electron chi connectivity index (χ2n) is 15.8. The van der Waals surface area contributed by atoms with Gasteiger partial charge in [-0.05, 0) is 70.6 Å². The molecule has 0 aliphatic carbocycles. The van der Waals surface area contributed by atoms with Crippen LogP contribution >= 0.6 is 0 Å². The molecule has 9 nitrogen and oxygen atoms in total. The molecule has 0 radical (unpaired) electrons. The van der Waals surface area contributed by atoms with Crippen LogP contribution in [0.4, 0.5) is 0 Å². The summed E-state index contributed by atoms with van der Waals surface area (Å²) < 4.78 is 11.1. The number of allylic oxidation sites excluding steroid dienone is 14. The van der Waals surface area contributed by atoms with E-state index in [2.05, 4.69) is 104 Å². The molecule has 1 heterocycles. The van der Waals surface area contributed by atoms with Gasteiger partial charge in [-0.15, -0.1) is 0 Å². The van der Waals surface area contributed by atoms with E-state index in [0.29, 0.717) is 12.8 Å². The summed E-state index contributed by atoms with van der Waals surface area (Å²) in [5, 5.41) is 53.6. The third kappa shape index (κ3) is 30.1. The van der Waals surface area contributed by atoms with Crippen molar-refractivity contribution in [2.45, 2.75) is 211 Å². The number of amides is 1.